The lowest BCUT2D eigenvalue weighted by atomic mass is 10.1. The van der Waals surface area contributed by atoms with Gasteiger partial charge >= 0.3 is 6.61 Å². The molecule has 1 saturated heterocycles. The lowest BCUT2D eigenvalue weighted by molar-refractivity contribution is -0.0502. The van der Waals surface area contributed by atoms with Crippen molar-refractivity contribution < 1.29 is 27.8 Å². The molecule has 1 saturated carbocycles. The molecule has 192 valence electrons. The van der Waals surface area contributed by atoms with Gasteiger partial charge in [0.25, 0.3) is 5.91 Å². The molecule has 1 aliphatic carbocycles. The van der Waals surface area contributed by atoms with Crippen LogP contribution < -0.4 is 19.5 Å². The highest BCUT2D eigenvalue weighted by Crippen LogP contribution is 2.37. The number of fused-ring (bicyclic) bond motifs is 1. The number of hydrogen-bond donors (Lipinski definition) is 1. The number of imidazole rings is 1. The molecule has 0 bridgehead atoms. The summed E-state index contributed by atoms with van der Waals surface area (Å²) in [6.45, 7) is 0.906. The van der Waals surface area contributed by atoms with Gasteiger partial charge in [-0.15, -0.1) is 0 Å². The third-order valence-corrected chi connectivity index (χ3v) is 6.51. The minimum atomic E-state index is -3.09. The summed E-state index contributed by atoms with van der Waals surface area (Å²) in [5.74, 6) is 0.119. The number of carbonyl (C=O) groups excluding carboxylic acids is 1. The van der Waals surface area contributed by atoms with E-state index in [1.54, 1.807) is 12.3 Å². The summed E-state index contributed by atoms with van der Waals surface area (Å²) in [5, 5.41) is 2.81. The van der Waals surface area contributed by atoms with Crippen LogP contribution in [0.4, 0.5) is 8.78 Å². The van der Waals surface area contributed by atoms with Crippen LogP contribution in [0.2, 0.25) is 0 Å². The number of ether oxygens (including phenoxy) is 3. The number of hydrogen-bond acceptors (Lipinski definition) is 6. The van der Waals surface area contributed by atoms with E-state index in [0.29, 0.717) is 29.3 Å². The zero-order chi connectivity index (χ0) is 25.1. The van der Waals surface area contributed by atoms with Crippen molar-refractivity contribution in [1.82, 2.24) is 19.6 Å². The van der Waals surface area contributed by atoms with Gasteiger partial charge in [-0.2, -0.15) is 8.78 Å². The summed E-state index contributed by atoms with van der Waals surface area (Å²) in [6, 6.07) is 6.79. The van der Waals surface area contributed by atoms with Gasteiger partial charge in [-0.05, 0) is 63.4 Å². The van der Waals surface area contributed by atoms with E-state index in [0.717, 1.165) is 25.8 Å². The second-order valence-electron chi connectivity index (χ2n) is 9.16. The fraction of sp³-hybridized carbons (Fsp3) is 0.462. The smallest absolute Gasteiger partial charge is 0.387 e. The maximum absolute atomic E-state index is 13.2. The molecule has 0 unspecified atom stereocenters. The summed E-state index contributed by atoms with van der Waals surface area (Å²) in [4.78, 5) is 19.7. The van der Waals surface area contributed by atoms with Crippen molar-refractivity contribution in [3.63, 3.8) is 0 Å². The molecular formula is C26H30F2N4O4. The summed E-state index contributed by atoms with van der Waals surface area (Å²) < 4.78 is 44.4. The Hall–Kier alpha value is -3.40. The molecule has 2 aromatic heterocycles. The standard InChI is InChI=1S/C26H30F2N4O4/c1-34-21-13-17(14-22(36-26(27)28)24(21)25(33)30-18-5-6-18)20-16-29-23-15-19(7-11-32(20)23)35-12-4-10-31-8-2-3-9-31/h7,11,13-16,18,26H,2-6,8-10,12H2,1H3,(H,30,33). The molecule has 0 radical (unpaired) electrons. The Labute approximate surface area is 208 Å². The largest absolute Gasteiger partial charge is 0.496 e. The third kappa shape index (κ3) is 5.53. The van der Waals surface area contributed by atoms with E-state index in [9.17, 15) is 13.6 Å². The quantitative estimate of drug-likeness (QED) is 0.394. The first-order valence-corrected chi connectivity index (χ1v) is 12.3. The number of aromatic nitrogens is 2. The van der Waals surface area contributed by atoms with Crippen LogP contribution in [-0.2, 0) is 0 Å². The molecule has 2 fully saturated rings. The normalized spacial score (nSPS) is 16.0. The summed E-state index contributed by atoms with van der Waals surface area (Å²) >= 11 is 0. The Balaban J connectivity index is 1.37. The second-order valence-corrected chi connectivity index (χ2v) is 9.16. The van der Waals surface area contributed by atoms with Gasteiger partial charge in [0.15, 0.2) is 0 Å². The molecule has 2 aliphatic rings. The zero-order valence-corrected chi connectivity index (χ0v) is 20.2. The number of rotatable bonds is 11. The van der Waals surface area contributed by atoms with E-state index in [1.165, 1.54) is 39.1 Å². The fourth-order valence-electron chi connectivity index (χ4n) is 4.55. The molecule has 1 N–H and O–H groups in total. The fourth-order valence-corrected chi connectivity index (χ4v) is 4.55. The predicted molar refractivity (Wildman–Crippen MR) is 130 cm³/mol. The zero-order valence-electron chi connectivity index (χ0n) is 20.2. The van der Waals surface area contributed by atoms with Crippen LogP contribution >= 0.6 is 0 Å². The minimum absolute atomic E-state index is 0.0492. The van der Waals surface area contributed by atoms with E-state index in [4.69, 9.17) is 14.2 Å². The van der Waals surface area contributed by atoms with Gasteiger partial charge in [0, 0.05) is 30.4 Å². The highest BCUT2D eigenvalue weighted by Gasteiger charge is 2.29. The van der Waals surface area contributed by atoms with Crippen LogP contribution in [0.1, 0.15) is 42.5 Å². The maximum Gasteiger partial charge on any atom is 0.387 e. The van der Waals surface area contributed by atoms with Crippen LogP contribution in [0, 0.1) is 0 Å². The molecular weight excluding hydrogens is 470 g/mol. The molecule has 1 amide bonds. The van der Waals surface area contributed by atoms with Gasteiger partial charge in [0.1, 0.15) is 28.5 Å². The number of benzene rings is 1. The van der Waals surface area contributed by atoms with Crippen molar-refractivity contribution in [2.45, 2.75) is 44.8 Å². The van der Waals surface area contributed by atoms with E-state index in [1.807, 2.05) is 22.7 Å². The first-order valence-electron chi connectivity index (χ1n) is 12.3. The lowest BCUT2D eigenvalue weighted by Gasteiger charge is -2.16. The van der Waals surface area contributed by atoms with Gasteiger partial charge in [-0.25, -0.2) is 4.98 Å². The molecule has 36 heavy (non-hydrogen) atoms. The Morgan fingerprint density at radius 1 is 1.19 bits per heavy atom. The highest BCUT2D eigenvalue weighted by atomic mass is 19.3. The molecule has 3 aromatic rings. The van der Waals surface area contributed by atoms with Gasteiger partial charge in [0.05, 0.1) is 25.6 Å². The number of likely N-dealkylation sites (tertiary alicyclic amines) is 1. The van der Waals surface area contributed by atoms with Gasteiger partial charge < -0.3 is 24.4 Å². The first-order chi connectivity index (χ1) is 17.5. The molecule has 0 spiro atoms. The van der Waals surface area contributed by atoms with Crippen LogP contribution in [0.25, 0.3) is 16.9 Å². The molecule has 0 atom stereocenters. The number of methoxy groups -OCH3 is 1. The third-order valence-electron chi connectivity index (χ3n) is 6.51. The number of nitrogens with zero attached hydrogens (tertiary/aromatic N) is 3. The molecule has 8 nitrogen and oxygen atoms in total. The average molecular weight is 501 g/mol. The maximum atomic E-state index is 13.2. The van der Waals surface area contributed by atoms with Gasteiger partial charge in [-0.3, -0.25) is 9.20 Å². The van der Waals surface area contributed by atoms with Crippen molar-refractivity contribution in [3.05, 3.63) is 42.2 Å². The number of halogens is 2. The highest BCUT2D eigenvalue weighted by molar-refractivity contribution is 6.01. The first kappa shape index (κ1) is 24.3. The van der Waals surface area contributed by atoms with Crippen molar-refractivity contribution in [2.75, 3.05) is 33.4 Å². The Morgan fingerprint density at radius 3 is 2.69 bits per heavy atom. The van der Waals surface area contributed by atoms with Gasteiger partial charge in [0.2, 0.25) is 0 Å². The van der Waals surface area contributed by atoms with Crippen LogP contribution in [0.15, 0.2) is 36.7 Å². The van der Waals surface area contributed by atoms with Crippen LogP contribution in [0.5, 0.6) is 17.2 Å². The molecule has 5 rings (SSSR count). The van der Waals surface area contributed by atoms with E-state index in [2.05, 4.69) is 15.2 Å². The molecule has 3 heterocycles. The van der Waals surface area contributed by atoms with E-state index in [-0.39, 0.29) is 23.1 Å². The van der Waals surface area contributed by atoms with E-state index < -0.39 is 12.5 Å². The monoisotopic (exact) mass is 500 g/mol. The predicted octanol–water partition coefficient (Wildman–Crippen LogP) is 4.37. The van der Waals surface area contributed by atoms with Crippen LogP contribution in [-0.4, -0.2) is 66.2 Å². The van der Waals surface area contributed by atoms with Gasteiger partial charge in [-0.1, -0.05) is 0 Å². The molecule has 10 heteroatoms. The number of amides is 1. The number of carbonyl (C=O) groups is 1. The summed E-state index contributed by atoms with van der Waals surface area (Å²) in [5.41, 5.74) is 1.76. The number of pyridine rings is 1. The van der Waals surface area contributed by atoms with Crippen molar-refractivity contribution in [3.8, 4) is 28.5 Å². The number of nitrogens with one attached hydrogen (secondary N) is 1. The Kier molecular flexibility index (Phi) is 7.22. The van der Waals surface area contributed by atoms with Crippen molar-refractivity contribution in [2.24, 2.45) is 0 Å². The minimum Gasteiger partial charge on any atom is -0.496 e. The SMILES string of the molecule is COc1cc(-c2cnc3cc(OCCCN4CCCC4)ccn23)cc(OC(F)F)c1C(=O)NC1CC1. The Bertz CT molecular complexity index is 1220. The Morgan fingerprint density at radius 2 is 1.97 bits per heavy atom. The van der Waals surface area contributed by atoms with Crippen molar-refractivity contribution >= 4 is 11.6 Å². The molecule has 1 aromatic carbocycles. The lowest BCUT2D eigenvalue weighted by Crippen LogP contribution is -2.26. The number of alkyl halides is 2. The summed E-state index contributed by atoms with van der Waals surface area (Å²) in [7, 11) is 1.39. The topological polar surface area (TPSA) is 77.3 Å². The van der Waals surface area contributed by atoms with Crippen LogP contribution in [0.3, 0.4) is 0 Å². The second kappa shape index (κ2) is 10.7. The van der Waals surface area contributed by atoms with E-state index >= 15 is 0 Å². The average Bonchev–Trinajstić information content (AvgIpc) is 3.34. The molecule has 1 aliphatic heterocycles. The summed E-state index contributed by atoms with van der Waals surface area (Å²) in [6.07, 6.45) is 8.69. The van der Waals surface area contributed by atoms with Crippen molar-refractivity contribution in [1.29, 1.82) is 0 Å².